The van der Waals surface area contributed by atoms with Gasteiger partial charge in [-0.15, -0.1) is 0 Å². The van der Waals surface area contributed by atoms with Gasteiger partial charge in [0, 0.05) is 25.1 Å². The zero-order valence-electron chi connectivity index (χ0n) is 14.4. The first-order valence-electron chi connectivity index (χ1n) is 7.64. The Morgan fingerprint density at radius 2 is 2.15 bits per heavy atom. The lowest BCUT2D eigenvalue weighted by atomic mass is 10.3. The Morgan fingerprint density at radius 3 is 2.81 bits per heavy atom. The Balaban J connectivity index is 2.02. The lowest BCUT2D eigenvalue weighted by Crippen LogP contribution is -2.43. The first kappa shape index (κ1) is 19.4. The van der Waals surface area contributed by atoms with Crippen LogP contribution in [0.3, 0.4) is 0 Å². The number of thioether (sulfide) groups is 1. The molecule has 0 saturated carbocycles. The smallest absolute Gasteiger partial charge is 0.341 e. The van der Waals surface area contributed by atoms with Gasteiger partial charge in [-0.3, -0.25) is 10.1 Å². The third-order valence-electron chi connectivity index (χ3n) is 3.14. The van der Waals surface area contributed by atoms with Crippen molar-refractivity contribution in [3.63, 3.8) is 0 Å². The Morgan fingerprint density at radius 1 is 1.38 bits per heavy atom. The van der Waals surface area contributed by atoms with Crippen LogP contribution in [0.2, 0.25) is 0 Å². The lowest BCUT2D eigenvalue weighted by Gasteiger charge is -2.13. The van der Waals surface area contributed by atoms with Crippen LogP contribution >= 0.6 is 11.8 Å². The summed E-state index contributed by atoms with van der Waals surface area (Å²) in [6.45, 7) is 3.16. The molecule has 0 aromatic carbocycles. The van der Waals surface area contributed by atoms with Crippen molar-refractivity contribution in [1.82, 2.24) is 20.8 Å². The normalized spacial score (nSPS) is 11.5. The summed E-state index contributed by atoms with van der Waals surface area (Å²) >= 11 is 1.29. The fraction of sp³-hybridized carbons (Fsp3) is 0.312. The molecular weight excluding hydrogens is 360 g/mol. The molecule has 0 aliphatic rings. The number of nitrogens with zero attached hydrogens (tertiary/aromatic N) is 2. The number of hydrogen-bond donors (Lipinski definition) is 2. The number of ether oxygens (including phenoxy) is 1. The monoisotopic (exact) mass is 378 g/mol. The molecule has 26 heavy (non-hydrogen) atoms. The molecule has 9 nitrogen and oxygen atoms in total. The van der Waals surface area contributed by atoms with E-state index in [1.54, 1.807) is 31.3 Å². The molecule has 2 N–H and O–H groups in total. The Hall–Kier alpha value is -2.88. The molecule has 138 valence electrons. The molecule has 0 bridgehead atoms. The zero-order valence-corrected chi connectivity index (χ0v) is 15.3. The van der Waals surface area contributed by atoms with Gasteiger partial charge < -0.3 is 14.6 Å². The fourth-order valence-electron chi connectivity index (χ4n) is 1.84. The summed E-state index contributed by atoms with van der Waals surface area (Å²) in [5, 5.41) is 8.61. The van der Waals surface area contributed by atoms with E-state index in [9.17, 15) is 14.4 Å². The zero-order chi connectivity index (χ0) is 19.1. The van der Waals surface area contributed by atoms with Crippen LogP contribution < -0.4 is 10.6 Å². The second kappa shape index (κ2) is 8.99. The predicted molar refractivity (Wildman–Crippen MR) is 92.5 cm³/mol. The van der Waals surface area contributed by atoms with E-state index in [1.807, 2.05) is 5.32 Å². The van der Waals surface area contributed by atoms with Gasteiger partial charge in [-0.05, 0) is 26.0 Å². The van der Waals surface area contributed by atoms with Gasteiger partial charge in [0.05, 0.1) is 11.3 Å². The Kier molecular flexibility index (Phi) is 6.73. The maximum absolute atomic E-state index is 12.4. The van der Waals surface area contributed by atoms with Crippen LogP contribution in [0.5, 0.6) is 0 Å². The molecule has 1 atom stereocenters. The molecule has 0 saturated heterocycles. The maximum atomic E-state index is 12.4. The average Bonchev–Trinajstić information content (AvgIpc) is 3.05. The van der Waals surface area contributed by atoms with Crippen molar-refractivity contribution in [2.45, 2.75) is 30.7 Å². The number of nitrogens with one attached hydrogen (secondary N) is 2. The molecule has 0 unspecified atom stereocenters. The molecule has 0 fully saturated rings. The van der Waals surface area contributed by atoms with Gasteiger partial charge in [-0.2, -0.15) is 0 Å². The molecule has 2 rings (SSSR count). The van der Waals surface area contributed by atoms with Crippen LogP contribution in [0.25, 0.3) is 0 Å². The standard InChI is InChI=1S/C16H18N4O5S/c1-9-7-11(20-25-9)8-26-14-12(5-4-6-18-14)15(22)24-10(2)13(21)19-16(23)17-3/h4-7,10H,8H2,1-3H3,(H2,17,19,21,23)/t10-/m0/s1. The molecule has 3 amide bonds. The summed E-state index contributed by atoms with van der Waals surface area (Å²) in [5.74, 6) is -0.288. The van der Waals surface area contributed by atoms with E-state index in [2.05, 4.69) is 15.5 Å². The van der Waals surface area contributed by atoms with Gasteiger partial charge in [0.1, 0.15) is 10.8 Å². The van der Waals surface area contributed by atoms with E-state index in [1.165, 1.54) is 25.7 Å². The van der Waals surface area contributed by atoms with Crippen molar-refractivity contribution in [2.24, 2.45) is 0 Å². The van der Waals surface area contributed by atoms with Crippen LogP contribution in [0.1, 0.15) is 28.7 Å². The minimum absolute atomic E-state index is 0.220. The number of rotatable bonds is 6. The minimum atomic E-state index is -1.14. The Bertz CT molecular complexity index is 807. The van der Waals surface area contributed by atoms with Crippen molar-refractivity contribution >= 4 is 29.7 Å². The summed E-state index contributed by atoms with van der Waals surface area (Å²) in [7, 11) is 1.37. The summed E-state index contributed by atoms with van der Waals surface area (Å²) in [4.78, 5) is 39.5. The minimum Gasteiger partial charge on any atom is -0.449 e. The van der Waals surface area contributed by atoms with Gasteiger partial charge in [-0.1, -0.05) is 16.9 Å². The van der Waals surface area contributed by atoms with Gasteiger partial charge in [-0.25, -0.2) is 14.6 Å². The number of aryl methyl sites for hydroxylation is 1. The van der Waals surface area contributed by atoms with Crippen LogP contribution in [-0.2, 0) is 15.3 Å². The van der Waals surface area contributed by atoms with E-state index in [-0.39, 0.29) is 5.56 Å². The van der Waals surface area contributed by atoms with Crippen molar-refractivity contribution in [1.29, 1.82) is 0 Å². The number of pyridine rings is 1. The van der Waals surface area contributed by atoms with Crippen LogP contribution in [0.15, 0.2) is 33.9 Å². The van der Waals surface area contributed by atoms with Gasteiger partial charge in [0.25, 0.3) is 5.91 Å². The topological polar surface area (TPSA) is 123 Å². The van der Waals surface area contributed by atoms with Crippen molar-refractivity contribution in [3.05, 3.63) is 41.4 Å². The van der Waals surface area contributed by atoms with E-state index in [0.717, 1.165) is 5.69 Å². The summed E-state index contributed by atoms with van der Waals surface area (Å²) in [6.07, 6.45) is 0.408. The van der Waals surface area contributed by atoms with E-state index in [0.29, 0.717) is 16.5 Å². The number of hydrogen-bond acceptors (Lipinski definition) is 8. The van der Waals surface area contributed by atoms with Gasteiger partial charge in [0.2, 0.25) is 0 Å². The largest absolute Gasteiger partial charge is 0.449 e. The number of imide groups is 1. The fourth-order valence-corrected chi connectivity index (χ4v) is 2.71. The highest BCUT2D eigenvalue weighted by Gasteiger charge is 2.22. The highest BCUT2D eigenvalue weighted by atomic mass is 32.2. The third-order valence-corrected chi connectivity index (χ3v) is 4.18. The summed E-state index contributed by atoms with van der Waals surface area (Å²) in [5.41, 5.74) is 0.938. The summed E-state index contributed by atoms with van der Waals surface area (Å²) < 4.78 is 10.1. The number of urea groups is 1. The van der Waals surface area contributed by atoms with Gasteiger partial charge in [0.15, 0.2) is 6.10 Å². The highest BCUT2D eigenvalue weighted by molar-refractivity contribution is 7.98. The highest BCUT2D eigenvalue weighted by Crippen LogP contribution is 2.24. The average molecular weight is 378 g/mol. The second-order valence-corrected chi connectivity index (χ2v) is 6.15. The number of carbonyl (C=O) groups excluding carboxylic acids is 3. The predicted octanol–water partition coefficient (Wildman–Crippen LogP) is 1.67. The van der Waals surface area contributed by atoms with Crippen molar-refractivity contribution in [3.8, 4) is 0 Å². The number of carbonyl (C=O) groups is 3. The number of esters is 1. The SMILES string of the molecule is CNC(=O)NC(=O)[C@H](C)OC(=O)c1cccnc1SCc1cc(C)on1. The van der Waals surface area contributed by atoms with E-state index >= 15 is 0 Å². The van der Waals surface area contributed by atoms with E-state index < -0.39 is 24.0 Å². The molecule has 0 spiro atoms. The Labute approximate surface area is 153 Å². The van der Waals surface area contributed by atoms with Crippen LogP contribution in [0.4, 0.5) is 4.79 Å². The molecule has 2 aromatic heterocycles. The van der Waals surface area contributed by atoms with E-state index in [4.69, 9.17) is 9.26 Å². The second-order valence-electron chi connectivity index (χ2n) is 5.19. The quantitative estimate of drug-likeness (QED) is 0.575. The molecule has 2 aromatic rings. The maximum Gasteiger partial charge on any atom is 0.341 e. The first-order valence-corrected chi connectivity index (χ1v) is 8.62. The first-order chi connectivity index (χ1) is 12.4. The molecule has 0 aliphatic carbocycles. The van der Waals surface area contributed by atoms with Crippen LogP contribution in [-0.4, -0.2) is 41.2 Å². The third kappa shape index (κ3) is 5.31. The van der Waals surface area contributed by atoms with Crippen molar-refractivity contribution in [2.75, 3.05) is 7.05 Å². The molecule has 0 radical (unpaired) electrons. The van der Waals surface area contributed by atoms with Crippen LogP contribution in [0, 0.1) is 6.92 Å². The molecular formula is C16H18N4O5S. The molecule has 2 heterocycles. The molecule has 0 aliphatic heterocycles. The summed E-state index contributed by atoms with van der Waals surface area (Å²) in [6, 6.07) is 4.25. The lowest BCUT2D eigenvalue weighted by molar-refractivity contribution is -0.127. The van der Waals surface area contributed by atoms with Gasteiger partial charge >= 0.3 is 12.0 Å². The number of amides is 3. The van der Waals surface area contributed by atoms with Crippen molar-refractivity contribution < 1.29 is 23.6 Å². The molecule has 10 heteroatoms. The number of aromatic nitrogens is 2.